The summed E-state index contributed by atoms with van der Waals surface area (Å²) in [5, 5.41) is 15.2. The van der Waals surface area contributed by atoms with Crippen molar-refractivity contribution in [3.05, 3.63) is 23.4 Å². The fourth-order valence-electron chi connectivity index (χ4n) is 3.14. The summed E-state index contributed by atoms with van der Waals surface area (Å²) in [7, 11) is 0. The lowest BCUT2D eigenvalue weighted by Gasteiger charge is -2.21. The zero-order valence-corrected chi connectivity index (χ0v) is 12.0. The Labute approximate surface area is 122 Å². The van der Waals surface area contributed by atoms with E-state index in [1.54, 1.807) is 0 Å². The number of nitrogens with zero attached hydrogens (tertiary/aromatic N) is 3. The van der Waals surface area contributed by atoms with E-state index in [2.05, 4.69) is 20.7 Å². The molecule has 21 heavy (non-hydrogen) atoms. The molecule has 0 aromatic carbocycles. The van der Waals surface area contributed by atoms with Gasteiger partial charge in [0.1, 0.15) is 11.5 Å². The Balaban J connectivity index is 1.38. The van der Waals surface area contributed by atoms with Gasteiger partial charge in [-0.05, 0) is 31.6 Å². The summed E-state index contributed by atoms with van der Waals surface area (Å²) in [5.74, 6) is 1.94. The second-order valence-corrected chi connectivity index (χ2v) is 5.96. The van der Waals surface area contributed by atoms with Crippen molar-refractivity contribution in [2.75, 3.05) is 18.5 Å². The van der Waals surface area contributed by atoms with Crippen molar-refractivity contribution < 1.29 is 13.7 Å². The fourth-order valence-corrected chi connectivity index (χ4v) is 3.14. The molecule has 1 aliphatic heterocycles. The third-order valence-corrected chi connectivity index (χ3v) is 4.51. The summed E-state index contributed by atoms with van der Waals surface area (Å²) in [6.45, 7) is 4.08. The van der Waals surface area contributed by atoms with Gasteiger partial charge < -0.3 is 19.0 Å². The standard InChI is InChI=1S/C14H18N4O3/c1-9-6-10(18-21-9)8-15-13-17-16-12(20-13)11-7-14(11)2-4-19-5-3-14/h6,11H,2-5,7-8H2,1H3,(H,15,17). The minimum absolute atomic E-state index is 0.352. The Morgan fingerprint density at radius 2 is 2.19 bits per heavy atom. The molecule has 1 N–H and O–H groups in total. The molecule has 1 atom stereocenters. The number of aromatic nitrogens is 3. The van der Waals surface area contributed by atoms with E-state index < -0.39 is 0 Å². The van der Waals surface area contributed by atoms with E-state index in [0.29, 0.717) is 23.9 Å². The van der Waals surface area contributed by atoms with Crippen molar-refractivity contribution in [2.24, 2.45) is 5.41 Å². The van der Waals surface area contributed by atoms with Gasteiger partial charge in [-0.25, -0.2) is 0 Å². The van der Waals surface area contributed by atoms with Gasteiger partial charge in [-0.1, -0.05) is 10.3 Å². The van der Waals surface area contributed by atoms with Crippen LogP contribution in [0.2, 0.25) is 0 Å². The van der Waals surface area contributed by atoms with Crippen LogP contribution in [0.15, 0.2) is 15.0 Å². The van der Waals surface area contributed by atoms with E-state index in [0.717, 1.165) is 49.8 Å². The molecule has 3 heterocycles. The largest absolute Gasteiger partial charge is 0.408 e. The van der Waals surface area contributed by atoms with Gasteiger partial charge in [0.25, 0.3) is 0 Å². The van der Waals surface area contributed by atoms with Crippen molar-refractivity contribution in [3.63, 3.8) is 0 Å². The topological polar surface area (TPSA) is 86.2 Å². The van der Waals surface area contributed by atoms with Gasteiger partial charge in [-0.2, -0.15) is 0 Å². The van der Waals surface area contributed by atoms with E-state index >= 15 is 0 Å². The maximum absolute atomic E-state index is 5.73. The van der Waals surface area contributed by atoms with Crippen LogP contribution in [0.1, 0.15) is 42.5 Å². The summed E-state index contributed by atoms with van der Waals surface area (Å²) < 4.78 is 16.2. The van der Waals surface area contributed by atoms with Gasteiger partial charge in [0, 0.05) is 25.2 Å². The first kappa shape index (κ1) is 12.8. The zero-order chi connectivity index (χ0) is 14.3. The monoisotopic (exact) mass is 290 g/mol. The van der Waals surface area contributed by atoms with Gasteiger partial charge in [0.05, 0.1) is 6.54 Å². The van der Waals surface area contributed by atoms with E-state index in [4.69, 9.17) is 13.7 Å². The summed E-state index contributed by atoms with van der Waals surface area (Å²) in [6.07, 6.45) is 3.34. The van der Waals surface area contributed by atoms with Crippen molar-refractivity contribution >= 4 is 6.01 Å². The molecule has 2 aliphatic rings. The predicted molar refractivity (Wildman–Crippen MR) is 72.7 cm³/mol. The molecule has 0 bridgehead atoms. The molecule has 0 amide bonds. The number of nitrogens with one attached hydrogen (secondary N) is 1. The lowest BCUT2D eigenvalue weighted by molar-refractivity contribution is 0.0547. The Morgan fingerprint density at radius 1 is 1.33 bits per heavy atom. The van der Waals surface area contributed by atoms with Gasteiger partial charge >= 0.3 is 6.01 Å². The number of hydrogen-bond donors (Lipinski definition) is 1. The zero-order valence-electron chi connectivity index (χ0n) is 12.0. The lowest BCUT2D eigenvalue weighted by atomic mass is 9.94. The van der Waals surface area contributed by atoms with Crippen molar-refractivity contribution in [2.45, 2.75) is 38.6 Å². The quantitative estimate of drug-likeness (QED) is 0.924. The van der Waals surface area contributed by atoms with Crippen LogP contribution < -0.4 is 5.32 Å². The lowest BCUT2D eigenvalue weighted by Crippen LogP contribution is -2.18. The Kier molecular flexibility index (Phi) is 2.95. The molecule has 1 aliphatic carbocycles. The summed E-state index contributed by atoms with van der Waals surface area (Å²) in [5.41, 5.74) is 1.17. The molecule has 7 nitrogen and oxygen atoms in total. The molecule has 2 aromatic heterocycles. The fraction of sp³-hybridized carbons (Fsp3) is 0.643. The summed E-state index contributed by atoms with van der Waals surface area (Å²) in [4.78, 5) is 0. The SMILES string of the molecule is Cc1cc(CNc2nnc(C3CC34CCOCC4)o2)no1. The van der Waals surface area contributed by atoms with Crippen LogP contribution in [0.25, 0.3) is 0 Å². The number of aryl methyl sites for hydroxylation is 1. The highest BCUT2D eigenvalue weighted by molar-refractivity contribution is 5.23. The van der Waals surface area contributed by atoms with E-state index in [1.165, 1.54) is 0 Å². The molecular weight excluding hydrogens is 272 g/mol. The molecule has 2 aromatic rings. The van der Waals surface area contributed by atoms with Crippen LogP contribution in [0.5, 0.6) is 0 Å². The third kappa shape index (κ3) is 2.42. The first-order valence-corrected chi connectivity index (χ1v) is 7.32. The van der Waals surface area contributed by atoms with E-state index in [-0.39, 0.29) is 0 Å². The highest BCUT2D eigenvalue weighted by Crippen LogP contribution is 2.64. The molecule has 1 saturated heterocycles. The Morgan fingerprint density at radius 3 is 2.95 bits per heavy atom. The Bertz CT molecular complexity index is 630. The molecule has 0 radical (unpaired) electrons. The highest BCUT2D eigenvalue weighted by Gasteiger charge is 2.57. The second kappa shape index (κ2) is 4.84. The van der Waals surface area contributed by atoms with E-state index in [1.807, 2.05) is 13.0 Å². The minimum atomic E-state index is 0.352. The molecule has 1 spiro atoms. The number of anilines is 1. The van der Waals surface area contributed by atoms with E-state index in [9.17, 15) is 0 Å². The maximum atomic E-state index is 5.73. The van der Waals surface area contributed by atoms with Crippen LogP contribution in [-0.2, 0) is 11.3 Å². The predicted octanol–water partition coefficient (Wildman–Crippen LogP) is 2.26. The van der Waals surface area contributed by atoms with Crippen LogP contribution >= 0.6 is 0 Å². The second-order valence-electron chi connectivity index (χ2n) is 5.96. The number of rotatable bonds is 4. The Hall–Kier alpha value is -1.89. The number of ether oxygens (including phenoxy) is 1. The van der Waals surface area contributed by atoms with Crippen molar-refractivity contribution in [1.29, 1.82) is 0 Å². The summed E-state index contributed by atoms with van der Waals surface area (Å²) in [6, 6.07) is 2.32. The number of hydrogen-bond acceptors (Lipinski definition) is 7. The summed E-state index contributed by atoms with van der Waals surface area (Å²) >= 11 is 0. The van der Waals surface area contributed by atoms with Crippen molar-refractivity contribution in [1.82, 2.24) is 15.4 Å². The molecule has 1 saturated carbocycles. The molecule has 7 heteroatoms. The molecule has 1 unspecified atom stereocenters. The van der Waals surface area contributed by atoms with Crippen LogP contribution in [0, 0.1) is 12.3 Å². The van der Waals surface area contributed by atoms with Gasteiger partial charge in [0.15, 0.2) is 0 Å². The average molecular weight is 290 g/mol. The smallest absolute Gasteiger partial charge is 0.315 e. The molecular formula is C14H18N4O3. The van der Waals surface area contributed by atoms with Crippen LogP contribution in [-0.4, -0.2) is 28.6 Å². The van der Waals surface area contributed by atoms with Gasteiger partial charge in [-0.15, -0.1) is 5.10 Å². The molecule has 2 fully saturated rings. The first-order valence-electron chi connectivity index (χ1n) is 7.32. The minimum Gasteiger partial charge on any atom is -0.408 e. The first-order chi connectivity index (χ1) is 10.3. The van der Waals surface area contributed by atoms with Crippen LogP contribution in [0.3, 0.4) is 0 Å². The van der Waals surface area contributed by atoms with Gasteiger partial charge in [0.2, 0.25) is 5.89 Å². The average Bonchev–Trinajstić information content (AvgIpc) is 2.88. The normalized spacial score (nSPS) is 23.4. The van der Waals surface area contributed by atoms with Crippen molar-refractivity contribution in [3.8, 4) is 0 Å². The maximum Gasteiger partial charge on any atom is 0.315 e. The molecule has 4 rings (SSSR count). The third-order valence-electron chi connectivity index (χ3n) is 4.51. The highest BCUT2D eigenvalue weighted by atomic mass is 16.5. The van der Waals surface area contributed by atoms with Crippen LogP contribution in [0.4, 0.5) is 6.01 Å². The van der Waals surface area contributed by atoms with Gasteiger partial charge in [-0.3, -0.25) is 0 Å². The molecule has 112 valence electrons.